The Kier molecular flexibility index (Phi) is 4.35. The maximum Gasteiger partial charge on any atom is 0.222 e. The Morgan fingerprint density at radius 3 is 2.86 bits per heavy atom. The van der Waals surface area contributed by atoms with Gasteiger partial charge in [-0.1, -0.05) is 0 Å². The number of hydrogen-bond donors (Lipinski definition) is 1. The van der Waals surface area contributed by atoms with Gasteiger partial charge in [0.2, 0.25) is 5.91 Å². The minimum absolute atomic E-state index is 0.101. The van der Waals surface area contributed by atoms with Crippen molar-refractivity contribution in [1.82, 2.24) is 9.80 Å². The molecule has 1 fully saturated rings. The highest BCUT2D eigenvalue weighted by Crippen LogP contribution is 2.13. The smallest absolute Gasteiger partial charge is 0.222 e. The van der Waals surface area contributed by atoms with E-state index in [0.717, 1.165) is 19.5 Å². The lowest BCUT2D eigenvalue weighted by atomic mass is 10.2. The van der Waals surface area contributed by atoms with E-state index in [1.54, 1.807) is 0 Å². The van der Waals surface area contributed by atoms with Gasteiger partial charge in [-0.05, 0) is 26.4 Å². The molecular formula is C10H20N2O2. The van der Waals surface area contributed by atoms with Gasteiger partial charge in [-0.15, -0.1) is 0 Å². The molecule has 0 aromatic carbocycles. The van der Waals surface area contributed by atoms with E-state index in [0.29, 0.717) is 18.9 Å². The van der Waals surface area contributed by atoms with Crippen LogP contribution in [0.5, 0.6) is 0 Å². The molecule has 0 aliphatic carbocycles. The second-order valence-corrected chi connectivity index (χ2v) is 4.04. The summed E-state index contributed by atoms with van der Waals surface area (Å²) in [4.78, 5) is 15.7. The van der Waals surface area contributed by atoms with Crippen molar-refractivity contribution in [2.24, 2.45) is 0 Å². The second-order valence-electron chi connectivity index (χ2n) is 4.04. The van der Waals surface area contributed by atoms with Crippen molar-refractivity contribution in [2.75, 3.05) is 33.8 Å². The van der Waals surface area contributed by atoms with Crippen LogP contribution in [0.2, 0.25) is 0 Å². The van der Waals surface area contributed by atoms with Crippen molar-refractivity contribution < 1.29 is 9.90 Å². The van der Waals surface area contributed by atoms with Gasteiger partial charge in [-0.2, -0.15) is 0 Å². The third-order valence-corrected chi connectivity index (χ3v) is 2.86. The zero-order valence-corrected chi connectivity index (χ0v) is 9.07. The molecule has 1 saturated heterocycles. The Balaban J connectivity index is 2.32. The summed E-state index contributed by atoms with van der Waals surface area (Å²) in [5.41, 5.74) is 0. The number of nitrogens with zero attached hydrogens (tertiary/aromatic N) is 2. The number of hydrogen-bond acceptors (Lipinski definition) is 3. The zero-order chi connectivity index (χ0) is 10.6. The largest absolute Gasteiger partial charge is 0.396 e. The molecule has 0 bridgehead atoms. The molecule has 4 heteroatoms. The topological polar surface area (TPSA) is 43.8 Å². The Morgan fingerprint density at radius 2 is 2.36 bits per heavy atom. The number of likely N-dealkylation sites (N-methyl/N-ethyl adjacent to an activating group) is 2. The molecule has 0 aromatic heterocycles. The average Bonchev–Trinajstić information content (AvgIpc) is 2.60. The van der Waals surface area contributed by atoms with Gasteiger partial charge < -0.3 is 14.9 Å². The van der Waals surface area contributed by atoms with Gasteiger partial charge in [-0.25, -0.2) is 0 Å². The van der Waals surface area contributed by atoms with E-state index >= 15 is 0 Å². The van der Waals surface area contributed by atoms with E-state index in [4.69, 9.17) is 5.11 Å². The monoisotopic (exact) mass is 200 g/mol. The summed E-state index contributed by atoms with van der Waals surface area (Å²) >= 11 is 0. The summed E-state index contributed by atoms with van der Waals surface area (Å²) in [7, 11) is 3.94. The van der Waals surface area contributed by atoms with Crippen LogP contribution in [-0.2, 0) is 4.79 Å². The molecule has 0 radical (unpaired) electrons. The van der Waals surface area contributed by atoms with Crippen LogP contribution in [0.1, 0.15) is 19.3 Å². The van der Waals surface area contributed by atoms with E-state index in [9.17, 15) is 4.79 Å². The number of likely N-dealkylation sites (tertiary alicyclic amines) is 1. The van der Waals surface area contributed by atoms with E-state index in [1.165, 1.54) is 0 Å². The molecule has 14 heavy (non-hydrogen) atoms. The van der Waals surface area contributed by atoms with Gasteiger partial charge >= 0.3 is 0 Å². The number of carbonyl (C=O) groups excluding carboxylic acids is 1. The molecule has 1 heterocycles. The number of aliphatic hydroxyl groups is 1. The van der Waals surface area contributed by atoms with Gasteiger partial charge in [0.05, 0.1) is 0 Å². The summed E-state index contributed by atoms with van der Waals surface area (Å²) < 4.78 is 0. The molecule has 1 N–H and O–H groups in total. The fraction of sp³-hybridized carbons (Fsp3) is 0.900. The molecule has 1 atom stereocenters. The van der Waals surface area contributed by atoms with Gasteiger partial charge in [0.25, 0.3) is 0 Å². The minimum atomic E-state index is 0.101. The molecule has 1 amide bonds. The maximum absolute atomic E-state index is 11.6. The normalized spacial score (nSPS) is 22.6. The van der Waals surface area contributed by atoms with Gasteiger partial charge in [0.1, 0.15) is 0 Å². The lowest BCUT2D eigenvalue weighted by molar-refractivity contribution is -0.132. The minimum Gasteiger partial charge on any atom is -0.396 e. The summed E-state index contributed by atoms with van der Waals surface area (Å²) in [5.74, 6) is 0.152. The lowest BCUT2D eigenvalue weighted by Gasteiger charge is -2.24. The highest BCUT2D eigenvalue weighted by Gasteiger charge is 2.25. The van der Waals surface area contributed by atoms with Crippen LogP contribution in [0.3, 0.4) is 0 Å². The van der Waals surface area contributed by atoms with E-state index in [-0.39, 0.29) is 12.5 Å². The summed E-state index contributed by atoms with van der Waals surface area (Å²) in [5, 5.41) is 8.63. The predicted octanol–water partition coefficient (Wildman–Crippen LogP) is -0.0786. The van der Waals surface area contributed by atoms with Crippen LogP contribution in [0.15, 0.2) is 0 Å². The first-order valence-electron chi connectivity index (χ1n) is 5.20. The summed E-state index contributed by atoms with van der Waals surface area (Å²) in [6.45, 7) is 2.15. The van der Waals surface area contributed by atoms with Gasteiger partial charge in [-0.3, -0.25) is 4.79 Å². The molecule has 0 spiro atoms. The van der Waals surface area contributed by atoms with Crippen molar-refractivity contribution in [2.45, 2.75) is 25.3 Å². The highest BCUT2D eigenvalue weighted by molar-refractivity contribution is 5.76. The first-order valence-corrected chi connectivity index (χ1v) is 5.20. The standard InChI is InChI=1S/C10H20N2O2/c1-11-6-5-9(8-11)12(2)10(14)4-3-7-13/h9,13H,3-8H2,1-2H3. The first kappa shape index (κ1) is 11.5. The van der Waals surface area contributed by atoms with Crippen LogP contribution in [-0.4, -0.2) is 60.6 Å². The van der Waals surface area contributed by atoms with Gasteiger partial charge in [0, 0.05) is 32.7 Å². The molecule has 1 aliphatic heterocycles. The number of rotatable bonds is 4. The van der Waals surface area contributed by atoms with Crippen molar-refractivity contribution in [3.05, 3.63) is 0 Å². The predicted molar refractivity (Wildman–Crippen MR) is 55.0 cm³/mol. The Labute approximate surface area is 85.5 Å². The fourth-order valence-electron chi connectivity index (χ4n) is 1.84. The quantitative estimate of drug-likeness (QED) is 0.690. The first-order chi connectivity index (χ1) is 6.65. The Bertz CT molecular complexity index is 197. The van der Waals surface area contributed by atoms with Crippen LogP contribution < -0.4 is 0 Å². The molecule has 1 aliphatic rings. The van der Waals surface area contributed by atoms with Crippen molar-refractivity contribution >= 4 is 5.91 Å². The fourth-order valence-corrected chi connectivity index (χ4v) is 1.84. The molecule has 0 saturated carbocycles. The molecule has 1 unspecified atom stereocenters. The molecule has 4 nitrogen and oxygen atoms in total. The molecular weight excluding hydrogens is 180 g/mol. The number of carbonyl (C=O) groups is 1. The maximum atomic E-state index is 11.6. The van der Waals surface area contributed by atoms with Crippen LogP contribution in [0.25, 0.3) is 0 Å². The van der Waals surface area contributed by atoms with Crippen LogP contribution >= 0.6 is 0 Å². The van der Waals surface area contributed by atoms with Crippen molar-refractivity contribution in [3.63, 3.8) is 0 Å². The molecule has 1 rings (SSSR count). The van der Waals surface area contributed by atoms with Crippen molar-refractivity contribution in [1.29, 1.82) is 0 Å². The van der Waals surface area contributed by atoms with E-state index in [1.807, 2.05) is 11.9 Å². The van der Waals surface area contributed by atoms with Gasteiger partial charge in [0.15, 0.2) is 0 Å². The summed E-state index contributed by atoms with van der Waals surface area (Å²) in [6, 6.07) is 0.367. The Hall–Kier alpha value is -0.610. The second kappa shape index (κ2) is 5.32. The number of aliphatic hydroxyl groups excluding tert-OH is 1. The number of amides is 1. The lowest BCUT2D eigenvalue weighted by Crippen LogP contribution is -2.38. The SMILES string of the molecule is CN1CCC(N(C)C(=O)CCCO)C1. The summed E-state index contributed by atoms with van der Waals surface area (Å²) in [6.07, 6.45) is 2.11. The third-order valence-electron chi connectivity index (χ3n) is 2.86. The van der Waals surface area contributed by atoms with Crippen LogP contribution in [0.4, 0.5) is 0 Å². The van der Waals surface area contributed by atoms with Crippen LogP contribution in [0, 0.1) is 0 Å². The average molecular weight is 200 g/mol. The third kappa shape index (κ3) is 2.96. The van der Waals surface area contributed by atoms with E-state index < -0.39 is 0 Å². The van der Waals surface area contributed by atoms with Crippen molar-refractivity contribution in [3.8, 4) is 0 Å². The molecule has 0 aromatic rings. The highest BCUT2D eigenvalue weighted by atomic mass is 16.3. The Morgan fingerprint density at radius 1 is 1.64 bits per heavy atom. The molecule has 82 valence electrons. The zero-order valence-electron chi connectivity index (χ0n) is 9.07. The van der Waals surface area contributed by atoms with E-state index in [2.05, 4.69) is 11.9 Å².